The van der Waals surface area contributed by atoms with Crippen LogP contribution in [0.1, 0.15) is 18.5 Å². The lowest BCUT2D eigenvalue weighted by Gasteiger charge is -2.05. The van der Waals surface area contributed by atoms with E-state index >= 15 is 0 Å². The molecule has 0 aliphatic heterocycles. The molecular formula is C11H16N4O4. The number of imide groups is 1. The van der Waals surface area contributed by atoms with E-state index in [0.717, 1.165) is 5.69 Å². The summed E-state index contributed by atoms with van der Waals surface area (Å²) in [6.07, 6.45) is 1.83. The van der Waals surface area contributed by atoms with Crippen molar-refractivity contribution >= 4 is 17.9 Å². The third-order valence-corrected chi connectivity index (χ3v) is 2.25. The average molecular weight is 268 g/mol. The summed E-state index contributed by atoms with van der Waals surface area (Å²) in [4.78, 5) is 32.7. The molecule has 0 atom stereocenters. The van der Waals surface area contributed by atoms with Gasteiger partial charge in [0.2, 0.25) is 5.91 Å². The average Bonchev–Trinajstić information content (AvgIpc) is 2.72. The molecule has 3 amide bonds. The first-order valence-corrected chi connectivity index (χ1v) is 5.75. The molecule has 1 rings (SSSR count). The quantitative estimate of drug-likeness (QED) is 0.652. The first-order valence-electron chi connectivity index (χ1n) is 5.75. The third-order valence-electron chi connectivity index (χ3n) is 2.25. The van der Waals surface area contributed by atoms with Gasteiger partial charge in [-0.3, -0.25) is 19.6 Å². The van der Waals surface area contributed by atoms with Crippen molar-refractivity contribution in [3.63, 3.8) is 0 Å². The minimum absolute atomic E-state index is 0.219. The number of aliphatic carboxylic acids is 1. The van der Waals surface area contributed by atoms with E-state index in [1.54, 1.807) is 17.9 Å². The van der Waals surface area contributed by atoms with E-state index < -0.39 is 17.9 Å². The van der Waals surface area contributed by atoms with E-state index in [2.05, 4.69) is 10.4 Å². The Morgan fingerprint density at radius 3 is 2.68 bits per heavy atom. The maximum atomic E-state index is 11.3. The monoisotopic (exact) mass is 268 g/mol. The molecule has 0 radical (unpaired) electrons. The second-order valence-corrected chi connectivity index (χ2v) is 3.93. The zero-order valence-electron chi connectivity index (χ0n) is 10.5. The first-order chi connectivity index (χ1) is 8.97. The standard InChI is InChI=1S/C11H16N4O4/c1-15-7-5-8(14-15)4-6-12-11(19)13-9(16)2-3-10(17)18/h5,7H,2-4,6H2,1H3,(H,17,18)(H2,12,13,16,19). The van der Waals surface area contributed by atoms with Crippen LogP contribution in [0.2, 0.25) is 0 Å². The van der Waals surface area contributed by atoms with E-state index in [0.29, 0.717) is 13.0 Å². The van der Waals surface area contributed by atoms with Gasteiger partial charge in [-0.2, -0.15) is 5.10 Å². The smallest absolute Gasteiger partial charge is 0.321 e. The van der Waals surface area contributed by atoms with Gasteiger partial charge >= 0.3 is 12.0 Å². The summed E-state index contributed by atoms with van der Waals surface area (Å²) in [5.41, 5.74) is 0.833. The van der Waals surface area contributed by atoms with Gasteiger partial charge in [0.1, 0.15) is 0 Å². The highest BCUT2D eigenvalue weighted by molar-refractivity contribution is 5.95. The molecule has 0 bridgehead atoms. The topological polar surface area (TPSA) is 113 Å². The molecular weight excluding hydrogens is 252 g/mol. The number of rotatable bonds is 6. The number of aryl methyl sites for hydroxylation is 1. The fourth-order valence-electron chi connectivity index (χ4n) is 1.35. The lowest BCUT2D eigenvalue weighted by Crippen LogP contribution is -2.40. The summed E-state index contributed by atoms with van der Waals surface area (Å²) >= 11 is 0. The normalized spacial score (nSPS) is 9.95. The maximum absolute atomic E-state index is 11.3. The number of nitrogens with one attached hydrogen (secondary N) is 2. The van der Waals surface area contributed by atoms with Crippen LogP contribution in [0.15, 0.2) is 12.3 Å². The number of hydrogen-bond acceptors (Lipinski definition) is 4. The van der Waals surface area contributed by atoms with Crippen molar-refractivity contribution < 1.29 is 19.5 Å². The molecule has 0 aliphatic carbocycles. The molecule has 1 heterocycles. The van der Waals surface area contributed by atoms with E-state index in [4.69, 9.17) is 5.11 Å². The Morgan fingerprint density at radius 2 is 2.11 bits per heavy atom. The number of carbonyl (C=O) groups is 3. The summed E-state index contributed by atoms with van der Waals surface area (Å²) in [5, 5.41) is 17.0. The highest BCUT2D eigenvalue weighted by Crippen LogP contribution is 1.94. The van der Waals surface area contributed by atoms with Crippen LogP contribution in [0.5, 0.6) is 0 Å². The summed E-state index contributed by atoms with van der Waals surface area (Å²) < 4.78 is 1.66. The number of amides is 3. The van der Waals surface area contributed by atoms with Gasteiger partial charge in [0.15, 0.2) is 0 Å². The third kappa shape index (κ3) is 6.20. The molecule has 104 valence electrons. The number of hydrogen-bond donors (Lipinski definition) is 3. The SMILES string of the molecule is Cn1ccc(CCNC(=O)NC(=O)CCC(=O)O)n1. The number of carboxylic acid groups (broad SMARTS) is 1. The molecule has 8 heteroatoms. The van der Waals surface area contributed by atoms with Crippen molar-refractivity contribution in [1.82, 2.24) is 20.4 Å². The molecule has 1 aromatic heterocycles. The van der Waals surface area contributed by atoms with E-state index in [9.17, 15) is 14.4 Å². The van der Waals surface area contributed by atoms with Crippen molar-refractivity contribution in [3.8, 4) is 0 Å². The van der Waals surface area contributed by atoms with E-state index in [-0.39, 0.29) is 12.8 Å². The van der Waals surface area contributed by atoms with Crippen LogP contribution in [-0.4, -0.2) is 39.3 Å². The molecule has 0 spiro atoms. The minimum Gasteiger partial charge on any atom is -0.481 e. The molecule has 19 heavy (non-hydrogen) atoms. The van der Waals surface area contributed by atoms with Gasteiger partial charge in [0, 0.05) is 32.6 Å². The van der Waals surface area contributed by atoms with Crippen LogP contribution in [0.25, 0.3) is 0 Å². The fraction of sp³-hybridized carbons (Fsp3) is 0.455. The number of nitrogens with zero attached hydrogens (tertiary/aromatic N) is 2. The molecule has 0 saturated heterocycles. The lowest BCUT2D eigenvalue weighted by atomic mass is 10.3. The number of carboxylic acids is 1. The summed E-state index contributed by atoms with van der Waals surface area (Å²) in [6.45, 7) is 0.342. The van der Waals surface area contributed by atoms with Gasteiger partial charge in [0.05, 0.1) is 12.1 Å². The summed E-state index contributed by atoms with van der Waals surface area (Å²) in [6, 6.07) is 1.20. The largest absolute Gasteiger partial charge is 0.481 e. The molecule has 0 unspecified atom stereocenters. The van der Waals surface area contributed by atoms with Crippen LogP contribution >= 0.6 is 0 Å². The summed E-state index contributed by atoms with van der Waals surface area (Å²) in [7, 11) is 1.80. The van der Waals surface area contributed by atoms with Crippen molar-refractivity contribution in [3.05, 3.63) is 18.0 Å². The van der Waals surface area contributed by atoms with Crippen LogP contribution < -0.4 is 10.6 Å². The molecule has 0 aliphatic rings. The Morgan fingerprint density at radius 1 is 1.37 bits per heavy atom. The Bertz CT molecular complexity index is 469. The van der Waals surface area contributed by atoms with Crippen molar-refractivity contribution in [2.75, 3.05) is 6.54 Å². The summed E-state index contributed by atoms with van der Waals surface area (Å²) in [5.74, 6) is -1.69. The first kappa shape index (κ1) is 14.7. The Labute approximate surface area is 109 Å². The van der Waals surface area contributed by atoms with E-state index in [1.165, 1.54) is 0 Å². The number of carbonyl (C=O) groups excluding carboxylic acids is 2. The van der Waals surface area contributed by atoms with Gasteiger partial charge in [-0.15, -0.1) is 0 Å². The van der Waals surface area contributed by atoms with Crippen LogP contribution in [-0.2, 0) is 23.1 Å². The van der Waals surface area contributed by atoms with Gasteiger partial charge in [-0.1, -0.05) is 0 Å². The number of aromatic nitrogens is 2. The predicted octanol–water partition coefficient (Wildman–Crippen LogP) is -0.347. The zero-order valence-corrected chi connectivity index (χ0v) is 10.5. The van der Waals surface area contributed by atoms with Crippen LogP contribution in [0.4, 0.5) is 4.79 Å². The highest BCUT2D eigenvalue weighted by atomic mass is 16.4. The Balaban J connectivity index is 2.17. The zero-order chi connectivity index (χ0) is 14.3. The molecule has 0 aromatic carbocycles. The molecule has 1 aromatic rings. The Hall–Kier alpha value is -2.38. The van der Waals surface area contributed by atoms with Gasteiger partial charge < -0.3 is 10.4 Å². The van der Waals surface area contributed by atoms with Gasteiger partial charge in [-0.25, -0.2) is 4.79 Å². The van der Waals surface area contributed by atoms with Crippen molar-refractivity contribution in [2.24, 2.45) is 7.05 Å². The highest BCUT2D eigenvalue weighted by Gasteiger charge is 2.09. The molecule has 0 saturated carbocycles. The second-order valence-electron chi connectivity index (χ2n) is 3.93. The number of urea groups is 1. The van der Waals surface area contributed by atoms with Crippen LogP contribution in [0.3, 0.4) is 0 Å². The van der Waals surface area contributed by atoms with Crippen molar-refractivity contribution in [1.29, 1.82) is 0 Å². The predicted molar refractivity (Wildman–Crippen MR) is 65.3 cm³/mol. The molecule has 0 fully saturated rings. The fourth-order valence-corrected chi connectivity index (χ4v) is 1.35. The lowest BCUT2D eigenvalue weighted by molar-refractivity contribution is -0.138. The minimum atomic E-state index is -1.08. The second kappa shape index (κ2) is 7.14. The van der Waals surface area contributed by atoms with Crippen LogP contribution in [0, 0.1) is 0 Å². The van der Waals surface area contributed by atoms with Crippen molar-refractivity contribution in [2.45, 2.75) is 19.3 Å². The van der Waals surface area contributed by atoms with Gasteiger partial charge in [-0.05, 0) is 6.07 Å². The van der Waals surface area contributed by atoms with Gasteiger partial charge in [0.25, 0.3) is 0 Å². The Kier molecular flexibility index (Phi) is 5.52. The maximum Gasteiger partial charge on any atom is 0.321 e. The molecule has 8 nitrogen and oxygen atoms in total. The molecule has 3 N–H and O–H groups in total. The van der Waals surface area contributed by atoms with E-state index in [1.807, 2.05) is 11.4 Å².